The quantitative estimate of drug-likeness (QED) is 0.151. The number of ether oxygens (including phenoxy) is 3. The van der Waals surface area contributed by atoms with Gasteiger partial charge in [-0.3, -0.25) is 0 Å². The van der Waals surface area contributed by atoms with Gasteiger partial charge in [0.05, 0.1) is 27.0 Å². The van der Waals surface area contributed by atoms with Crippen LogP contribution in [0.25, 0.3) is 22.2 Å². The van der Waals surface area contributed by atoms with E-state index in [4.69, 9.17) is 30.8 Å². The second kappa shape index (κ2) is 11.9. The number of nitrogens with one attached hydrogen (secondary N) is 3. The summed E-state index contributed by atoms with van der Waals surface area (Å²) in [6.07, 6.45) is 2.28. The molecule has 2 heterocycles. The smallest absolute Gasteiger partial charge is 0.360 e. The van der Waals surface area contributed by atoms with Gasteiger partial charge in [0.2, 0.25) is 5.89 Å². The summed E-state index contributed by atoms with van der Waals surface area (Å²) in [4.78, 5) is 20.6. The molecule has 0 aliphatic rings. The Morgan fingerprint density at radius 1 is 1.02 bits per heavy atom. The molecule has 10 heteroatoms. The molecule has 0 unspecified atom stereocenters. The number of carbonyl (C=O) groups excluding carboxylic acids is 1. The minimum atomic E-state index is -0.600. The summed E-state index contributed by atoms with van der Waals surface area (Å²) in [5.41, 5.74) is 3.37. The molecular formula is C30H28N4O5S. The fourth-order valence-electron chi connectivity index (χ4n) is 4.43. The number of oxazole rings is 1. The van der Waals surface area contributed by atoms with E-state index < -0.39 is 12.0 Å². The van der Waals surface area contributed by atoms with Crippen LogP contribution in [-0.4, -0.2) is 42.4 Å². The van der Waals surface area contributed by atoms with Gasteiger partial charge in [-0.15, -0.1) is 0 Å². The van der Waals surface area contributed by atoms with Crippen molar-refractivity contribution in [1.29, 1.82) is 0 Å². The summed E-state index contributed by atoms with van der Waals surface area (Å²) in [6.45, 7) is 0. The van der Waals surface area contributed by atoms with E-state index in [2.05, 4.69) is 20.6 Å². The van der Waals surface area contributed by atoms with Crippen LogP contribution in [0.4, 0.5) is 5.69 Å². The molecule has 204 valence electrons. The molecule has 0 saturated carbocycles. The fourth-order valence-corrected chi connectivity index (χ4v) is 4.68. The van der Waals surface area contributed by atoms with Crippen molar-refractivity contribution in [3.05, 3.63) is 96.1 Å². The standard InChI is InChI=1S/C30H28N4O5S/c1-36-19-13-14-23(25(16-19)37-2)32-30(40)33-24(15-18-9-5-4-6-10-18)28-34-26(29(35)38-3)27(39-28)21-17-31-22-12-8-7-11-20(21)22/h4-14,16-17,24,31H,15H2,1-3H3,(H2,32,33,40)/t24-/m0/s1. The number of aromatic nitrogens is 2. The number of fused-ring (bicyclic) bond motifs is 1. The predicted molar refractivity (Wildman–Crippen MR) is 157 cm³/mol. The molecule has 5 aromatic rings. The number of esters is 1. The van der Waals surface area contributed by atoms with E-state index in [-0.39, 0.29) is 11.6 Å². The van der Waals surface area contributed by atoms with Gasteiger partial charge in [-0.2, -0.15) is 0 Å². The highest BCUT2D eigenvalue weighted by atomic mass is 32.1. The first-order valence-corrected chi connectivity index (χ1v) is 12.9. The number of aromatic amines is 1. The lowest BCUT2D eigenvalue weighted by Gasteiger charge is -2.19. The Kier molecular flexibility index (Phi) is 7.97. The van der Waals surface area contributed by atoms with Gasteiger partial charge in [0, 0.05) is 35.2 Å². The number of hydrogen-bond donors (Lipinski definition) is 3. The second-order valence-corrected chi connectivity index (χ2v) is 9.28. The van der Waals surface area contributed by atoms with E-state index in [1.165, 1.54) is 7.11 Å². The number of thiocarbonyl (C=S) groups is 1. The van der Waals surface area contributed by atoms with Crippen LogP contribution in [0, 0.1) is 0 Å². The number of methoxy groups -OCH3 is 3. The molecule has 0 fully saturated rings. The topological polar surface area (TPSA) is 111 Å². The summed E-state index contributed by atoms with van der Waals surface area (Å²) in [5, 5.41) is 7.70. The Hall–Kier alpha value is -4.83. The molecule has 5 rings (SSSR count). The van der Waals surface area contributed by atoms with Gasteiger partial charge in [0.25, 0.3) is 0 Å². The first-order chi connectivity index (χ1) is 19.5. The maximum Gasteiger partial charge on any atom is 0.360 e. The highest BCUT2D eigenvalue weighted by Crippen LogP contribution is 2.34. The SMILES string of the molecule is COC(=O)c1nc([C@H](Cc2ccccc2)NC(=S)Nc2ccc(OC)cc2OC)oc1-c1c[nH]c2ccccc12. The number of benzene rings is 3. The van der Waals surface area contributed by atoms with E-state index >= 15 is 0 Å². The van der Waals surface area contributed by atoms with Crippen molar-refractivity contribution in [2.75, 3.05) is 26.6 Å². The Labute approximate surface area is 236 Å². The summed E-state index contributed by atoms with van der Waals surface area (Å²) >= 11 is 5.68. The third-order valence-electron chi connectivity index (χ3n) is 6.40. The van der Waals surface area contributed by atoms with Gasteiger partial charge >= 0.3 is 5.97 Å². The van der Waals surface area contributed by atoms with Crippen LogP contribution in [0.1, 0.15) is 28.0 Å². The van der Waals surface area contributed by atoms with Gasteiger partial charge < -0.3 is 34.2 Å². The zero-order valence-electron chi connectivity index (χ0n) is 22.2. The Morgan fingerprint density at radius 3 is 2.55 bits per heavy atom. The van der Waals surface area contributed by atoms with E-state index in [1.54, 1.807) is 32.5 Å². The minimum absolute atomic E-state index is 0.0813. The third kappa shape index (κ3) is 5.62. The van der Waals surface area contributed by atoms with E-state index in [9.17, 15) is 4.79 Å². The minimum Gasteiger partial charge on any atom is -0.497 e. The van der Waals surface area contributed by atoms with Crippen LogP contribution in [-0.2, 0) is 11.2 Å². The molecule has 0 saturated heterocycles. The van der Waals surface area contributed by atoms with Crippen molar-refractivity contribution >= 4 is 39.9 Å². The normalized spacial score (nSPS) is 11.6. The van der Waals surface area contributed by atoms with Gasteiger partial charge in [-0.25, -0.2) is 9.78 Å². The van der Waals surface area contributed by atoms with Gasteiger partial charge in [-0.1, -0.05) is 48.5 Å². The molecule has 3 aromatic carbocycles. The van der Waals surface area contributed by atoms with Crippen LogP contribution in [0.5, 0.6) is 11.5 Å². The average Bonchev–Trinajstić information content (AvgIpc) is 3.62. The first-order valence-electron chi connectivity index (χ1n) is 12.5. The molecule has 0 aliphatic heterocycles. The summed E-state index contributed by atoms with van der Waals surface area (Å²) in [5.74, 6) is 1.22. The maximum atomic E-state index is 12.8. The molecule has 1 atom stereocenters. The molecule has 0 amide bonds. The molecule has 0 spiro atoms. The van der Waals surface area contributed by atoms with E-state index in [0.29, 0.717) is 40.0 Å². The number of nitrogens with zero attached hydrogens (tertiary/aromatic N) is 1. The lowest BCUT2D eigenvalue weighted by molar-refractivity contribution is 0.0595. The van der Waals surface area contributed by atoms with E-state index in [1.807, 2.05) is 60.7 Å². The van der Waals surface area contributed by atoms with Gasteiger partial charge in [-0.05, 0) is 36.0 Å². The van der Waals surface area contributed by atoms with Crippen LogP contribution in [0.15, 0.2) is 83.4 Å². The lowest BCUT2D eigenvalue weighted by Crippen LogP contribution is -2.34. The highest BCUT2D eigenvalue weighted by molar-refractivity contribution is 7.80. The number of rotatable bonds is 9. The summed E-state index contributed by atoms with van der Waals surface area (Å²) in [6, 6.07) is 22.5. The summed E-state index contributed by atoms with van der Waals surface area (Å²) < 4.78 is 22.2. The van der Waals surface area contributed by atoms with Crippen LogP contribution < -0.4 is 20.1 Å². The molecule has 0 bridgehead atoms. The molecule has 9 nitrogen and oxygen atoms in total. The molecule has 0 aliphatic carbocycles. The number of H-pyrrole nitrogens is 1. The van der Waals surface area contributed by atoms with Crippen LogP contribution in [0.3, 0.4) is 0 Å². The molecule has 3 N–H and O–H groups in total. The fraction of sp³-hybridized carbons (Fsp3) is 0.167. The van der Waals surface area contributed by atoms with Crippen molar-refractivity contribution in [3.8, 4) is 22.8 Å². The monoisotopic (exact) mass is 556 g/mol. The number of hydrogen-bond acceptors (Lipinski definition) is 7. The number of carbonyl (C=O) groups is 1. The molecular weight excluding hydrogens is 528 g/mol. The van der Waals surface area contributed by atoms with E-state index in [0.717, 1.165) is 16.5 Å². The Bertz CT molecular complexity index is 1650. The Morgan fingerprint density at radius 2 is 1.80 bits per heavy atom. The van der Waals surface area contributed by atoms with Gasteiger partial charge in [0.1, 0.15) is 17.5 Å². The molecule has 2 aromatic heterocycles. The van der Waals surface area contributed by atoms with Crippen molar-refractivity contribution in [1.82, 2.24) is 15.3 Å². The number of para-hydroxylation sites is 1. The predicted octanol–water partition coefficient (Wildman–Crippen LogP) is 5.90. The highest BCUT2D eigenvalue weighted by Gasteiger charge is 2.28. The first kappa shape index (κ1) is 26.8. The second-order valence-electron chi connectivity index (χ2n) is 8.88. The van der Waals surface area contributed by atoms with Gasteiger partial charge in [0.15, 0.2) is 16.6 Å². The zero-order chi connectivity index (χ0) is 28.1. The number of anilines is 1. The van der Waals surface area contributed by atoms with Crippen molar-refractivity contribution in [2.24, 2.45) is 0 Å². The lowest BCUT2D eigenvalue weighted by atomic mass is 10.1. The van der Waals surface area contributed by atoms with Crippen molar-refractivity contribution in [2.45, 2.75) is 12.5 Å². The van der Waals surface area contributed by atoms with Crippen molar-refractivity contribution in [3.63, 3.8) is 0 Å². The third-order valence-corrected chi connectivity index (χ3v) is 6.62. The Balaban J connectivity index is 1.51. The molecule has 0 radical (unpaired) electrons. The van der Waals surface area contributed by atoms with Crippen LogP contribution in [0.2, 0.25) is 0 Å². The zero-order valence-corrected chi connectivity index (χ0v) is 23.0. The van der Waals surface area contributed by atoms with Crippen molar-refractivity contribution < 1.29 is 23.4 Å². The van der Waals surface area contributed by atoms with Crippen LogP contribution >= 0.6 is 12.2 Å². The largest absolute Gasteiger partial charge is 0.497 e. The molecule has 40 heavy (non-hydrogen) atoms. The summed E-state index contributed by atoms with van der Waals surface area (Å²) in [7, 11) is 4.48. The maximum absolute atomic E-state index is 12.8. The average molecular weight is 557 g/mol.